The molecule has 0 aliphatic carbocycles. The highest BCUT2D eigenvalue weighted by Gasteiger charge is 2.34. The van der Waals surface area contributed by atoms with E-state index in [9.17, 15) is 9.59 Å². The summed E-state index contributed by atoms with van der Waals surface area (Å²) in [5, 5.41) is -0.291. The van der Waals surface area contributed by atoms with Gasteiger partial charge in [-0.2, -0.15) is 0 Å². The van der Waals surface area contributed by atoms with Crippen molar-refractivity contribution in [2.45, 2.75) is 6.61 Å². The van der Waals surface area contributed by atoms with E-state index < -0.39 is 0 Å². The molecule has 1 fully saturated rings. The van der Waals surface area contributed by atoms with E-state index in [1.54, 1.807) is 6.08 Å². The highest BCUT2D eigenvalue weighted by Crippen LogP contribution is 2.32. The maximum atomic E-state index is 12.7. The van der Waals surface area contributed by atoms with Crippen molar-refractivity contribution in [3.8, 4) is 11.5 Å². The van der Waals surface area contributed by atoms with Gasteiger partial charge in [-0.15, -0.1) is 0 Å². The summed E-state index contributed by atoms with van der Waals surface area (Å²) >= 11 is 4.36. The quantitative estimate of drug-likeness (QED) is 0.341. The molecule has 32 heavy (non-hydrogen) atoms. The highest BCUT2D eigenvalue weighted by atomic mass is 79.9. The second-order valence-electron chi connectivity index (χ2n) is 6.98. The SMILES string of the molecule is O=C1S/C(=C\c2cccc(OCc3ccc(Br)cc3)c2)C(=O)N1CCOc1ccccc1. The normalized spacial score (nSPS) is 14.8. The number of rotatable bonds is 8. The summed E-state index contributed by atoms with van der Waals surface area (Å²) in [6, 6.07) is 24.7. The van der Waals surface area contributed by atoms with Crippen molar-refractivity contribution in [1.82, 2.24) is 4.90 Å². The molecule has 0 radical (unpaired) electrons. The van der Waals surface area contributed by atoms with E-state index >= 15 is 0 Å². The third-order valence-corrected chi connectivity index (χ3v) is 6.11. The molecular formula is C25H20BrNO4S. The first-order valence-corrected chi connectivity index (χ1v) is 11.6. The molecule has 0 aromatic heterocycles. The first-order chi connectivity index (χ1) is 15.6. The van der Waals surface area contributed by atoms with Crippen molar-refractivity contribution in [2.24, 2.45) is 0 Å². The molecule has 0 spiro atoms. The Kier molecular flexibility index (Phi) is 7.29. The molecule has 2 amide bonds. The summed E-state index contributed by atoms with van der Waals surface area (Å²) in [7, 11) is 0. The van der Waals surface area contributed by atoms with Crippen LogP contribution < -0.4 is 9.47 Å². The Balaban J connectivity index is 1.36. The van der Waals surface area contributed by atoms with Gasteiger partial charge in [-0.1, -0.05) is 58.4 Å². The van der Waals surface area contributed by atoms with Crippen LogP contribution in [0.25, 0.3) is 6.08 Å². The molecule has 1 aliphatic rings. The molecule has 1 saturated heterocycles. The van der Waals surface area contributed by atoms with E-state index in [2.05, 4.69) is 15.9 Å². The number of benzene rings is 3. The Bertz CT molecular complexity index is 1130. The highest BCUT2D eigenvalue weighted by molar-refractivity contribution is 9.10. The Hall–Kier alpha value is -3.03. The first-order valence-electron chi connectivity index (χ1n) is 9.99. The van der Waals surface area contributed by atoms with Crippen molar-refractivity contribution in [3.63, 3.8) is 0 Å². The van der Waals surface area contributed by atoms with Gasteiger partial charge in [0, 0.05) is 4.47 Å². The van der Waals surface area contributed by atoms with Crippen LogP contribution in [0.5, 0.6) is 11.5 Å². The third kappa shape index (κ3) is 5.81. The summed E-state index contributed by atoms with van der Waals surface area (Å²) in [6.07, 6.45) is 1.72. The number of carbonyl (C=O) groups is 2. The minimum Gasteiger partial charge on any atom is -0.492 e. The topological polar surface area (TPSA) is 55.8 Å². The van der Waals surface area contributed by atoms with Crippen molar-refractivity contribution >= 4 is 44.9 Å². The van der Waals surface area contributed by atoms with E-state index in [1.807, 2.05) is 78.9 Å². The monoisotopic (exact) mass is 509 g/mol. The molecular weight excluding hydrogens is 490 g/mol. The van der Waals surface area contributed by atoms with Gasteiger partial charge in [0.1, 0.15) is 24.7 Å². The van der Waals surface area contributed by atoms with Gasteiger partial charge in [-0.05, 0) is 65.4 Å². The lowest BCUT2D eigenvalue weighted by Gasteiger charge is -2.13. The predicted octanol–water partition coefficient (Wildman–Crippen LogP) is 6.14. The molecule has 3 aromatic carbocycles. The maximum Gasteiger partial charge on any atom is 0.293 e. The zero-order valence-electron chi connectivity index (χ0n) is 17.1. The minimum absolute atomic E-state index is 0.202. The van der Waals surface area contributed by atoms with E-state index in [1.165, 1.54) is 4.90 Å². The summed E-state index contributed by atoms with van der Waals surface area (Å²) < 4.78 is 12.5. The minimum atomic E-state index is -0.308. The molecule has 1 aliphatic heterocycles. The Morgan fingerprint density at radius 3 is 2.41 bits per heavy atom. The number of nitrogens with zero attached hydrogens (tertiary/aromatic N) is 1. The lowest BCUT2D eigenvalue weighted by molar-refractivity contribution is -0.123. The zero-order valence-corrected chi connectivity index (χ0v) is 19.5. The standard InChI is InChI=1S/C25H20BrNO4S/c26-20-11-9-18(10-12-20)17-31-22-8-4-5-19(15-22)16-23-24(28)27(25(29)32-23)13-14-30-21-6-2-1-3-7-21/h1-12,15-16H,13-14,17H2/b23-16-. The van der Waals surface area contributed by atoms with Crippen LogP contribution in [-0.2, 0) is 11.4 Å². The van der Waals surface area contributed by atoms with Gasteiger partial charge < -0.3 is 9.47 Å². The predicted molar refractivity (Wildman–Crippen MR) is 130 cm³/mol. The summed E-state index contributed by atoms with van der Waals surface area (Å²) in [5.74, 6) is 1.09. The van der Waals surface area contributed by atoms with Crippen molar-refractivity contribution in [2.75, 3.05) is 13.2 Å². The third-order valence-electron chi connectivity index (χ3n) is 4.68. The smallest absolute Gasteiger partial charge is 0.293 e. The molecule has 5 nitrogen and oxygen atoms in total. The Morgan fingerprint density at radius 1 is 0.875 bits per heavy atom. The molecule has 7 heteroatoms. The van der Waals surface area contributed by atoms with E-state index in [0.29, 0.717) is 23.0 Å². The van der Waals surface area contributed by atoms with Gasteiger partial charge in [-0.25, -0.2) is 0 Å². The van der Waals surface area contributed by atoms with Gasteiger partial charge in [0.25, 0.3) is 11.1 Å². The molecule has 1 heterocycles. The molecule has 4 rings (SSSR count). The van der Waals surface area contributed by atoms with Gasteiger partial charge in [0.05, 0.1) is 11.4 Å². The molecule has 0 N–H and O–H groups in total. The number of ether oxygens (including phenoxy) is 2. The van der Waals surface area contributed by atoms with Crippen LogP contribution in [-0.4, -0.2) is 29.2 Å². The van der Waals surface area contributed by atoms with E-state index in [4.69, 9.17) is 9.47 Å². The fraction of sp³-hybridized carbons (Fsp3) is 0.120. The number of para-hydroxylation sites is 1. The fourth-order valence-corrected chi connectivity index (χ4v) is 4.19. The number of thioether (sulfide) groups is 1. The molecule has 3 aromatic rings. The fourth-order valence-electron chi connectivity index (χ4n) is 3.06. The maximum absolute atomic E-state index is 12.7. The van der Waals surface area contributed by atoms with Crippen molar-refractivity contribution in [1.29, 1.82) is 0 Å². The van der Waals surface area contributed by atoms with Crippen LogP contribution in [0.15, 0.2) is 88.2 Å². The lowest BCUT2D eigenvalue weighted by Crippen LogP contribution is -2.32. The molecule has 0 bridgehead atoms. The second-order valence-corrected chi connectivity index (χ2v) is 8.89. The number of carbonyl (C=O) groups excluding carboxylic acids is 2. The van der Waals surface area contributed by atoms with Gasteiger partial charge in [0.2, 0.25) is 0 Å². The van der Waals surface area contributed by atoms with E-state index in [-0.39, 0.29) is 24.3 Å². The van der Waals surface area contributed by atoms with Gasteiger partial charge in [0.15, 0.2) is 0 Å². The van der Waals surface area contributed by atoms with Crippen LogP contribution in [0.1, 0.15) is 11.1 Å². The lowest BCUT2D eigenvalue weighted by atomic mass is 10.2. The Labute approximate surface area is 199 Å². The van der Waals surface area contributed by atoms with E-state index in [0.717, 1.165) is 27.4 Å². The molecule has 0 unspecified atom stereocenters. The van der Waals surface area contributed by atoms with Crippen LogP contribution in [0.3, 0.4) is 0 Å². The summed E-state index contributed by atoms with van der Waals surface area (Å²) in [6.45, 7) is 0.886. The number of hydrogen-bond acceptors (Lipinski definition) is 5. The average molecular weight is 510 g/mol. The van der Waals surface area contributed by atoms with Crippen LogP contribution in [0.4, 0.5) is 4.79 Å². The first kappa shape index (κ1) is 22.2. The number of imide groups is 1. The molecule has 0 saturated carbocycles. The van der Waals surface area contributed by atoms with Gasteiger partial charge >= 0.3 is 0 Å². The van der Waals surface area contributed by atoms with Crippen LogP contribution >= 0.6 is 27.7 Å². The zero-order chi connectivity index (χ0) is 22.3. The van der Waals surface area contributed by atoms with Crippen LogP contribution in [0, 0.1) is 0 Å². The van der Waals surface area contributed by atoms with Gasteiger partial charge in [-0.3, -0.25) is 14.5 Å². The molecule has 0 atom stereocenters. The van der Waals surface area contributed by atoms with Crippen molar-refractivity contribution < 1.29 is 19.1 Å². The molecule has 162 valence electrons. The number of halogens is 1. The van der Waals surface area contributed by atoms with Crippen LogP contribution in [0.2, 0.25) is 0 Å². The largest absolute Gasteiger partial charge is 0.492 e. The van der Waals surface area contributed by atoms with Crippen molar-refractivity contribution in [3.05, 3.63) is 99.4 Å². The average Bonchev–Trinajstić information content (AvgIpc) is 3.07. The summed E-state index contributed by atoms with van der Waals surface area (Å²) in [5.41, 5.74) is 1.85. The Morgan fingerprint density at radius 2 is 1.62 bits per heavy atom. The number of hydrogen-bond donors (Lipinski definition) is 0. The second kappa shape index (κ2) is 10.5. The summed E-state index contributed by atoms with van der Waals surface area (Å²) in [4.78, 5) is 26.6. The number of amides is 2.